The minimum absolute atomic E-state index is 0.164. The molecule has 1 saturated heterocycles. The Labute approximate surface area is 162 Å². The molecule has 0 unspecified atom stereocenters. The van der Waals surface area contributed by atoms with Crippen molar-refractivity contribution in [2.75, 3.05) is 19.1 Å². The predicted octanol–water partition coefficient (Wildman–Crippen LogP) is 2.99. The Balaban J connectivity index is 2.07. The molecule has 0 radical (unpaired) electrons. The summed E-state index contributed by atoms with van der Waals surface area (Å²) in [5.74, 6) is -0.358. The van der Waals surface area contributed by atoms with Crippen LogP contribution < -0.4 is 19.7 Å². The smallest absolute Gasteiger partial charge is 0.335 e. The van der Waals surface area contributed by atoms with Gasteiger partial charge in [0, 0.05) is 11.1 Å². The summed E-state index contributed by atoms with van der Waals surface area (Å²) in [7, 11) is 3.04. The van der Waals surface area contributed by atoms with Gasteiger partial charge in [-0.3, -0.25) is 14.9 Å². The van der Waals surface area contributed by atoms with E-state index in [0.717, 1.165) is 16.0 Å². The molecule has 0 saturated carbocycles. The summed E-state index contributed by atoms with van der Waals surface area (Å²) >= 11 is 0. The molecule has 0 spiro atoms. The van der Waals surface area contributed by atoms with Crippen LogP contribution in [0.3, 0.4) is 0 Å². The third-order valence-corrected chi connectivity index (χ3v) is 4.50. The maximum absolute atomic E-state index is 13.0. The first-order valence-electron chi connectivity index (χ1n) is 8.57. The number of carbonyl (C=O) groups excluding carboxylic acids is 3. The van der Waals surface area contributed by atoms with E-state index in [-0.39, 0.29) is 5.57 Å². The number of benzene rings is 2. The molecule has 1 heterocycles. The summed E-state index contributed by atoms with van der Waals surface area (Å²) < 4.78 is 10.7. The van der Waals surface area contributed by atoms with E-state index in [4.69, 9.17) is 9.47 Å². The van der Waals surface area contributed by atoms with Gasteiger partial charge in [0.05, 0.1) is 19.9 Å². The van der Waals surface area contributed by atoms with Crippen LogP contribution >= 0.6 is 0 Å². The minimum atomic E-state index is -0.783. The Morgan fingerprint density at radius 3 is 2.21 bits per heavy atom. The number of nitrogens with one attached hydrogen (secondary N) is 1. The standard InChI is InChI=1S/C21H20N2O5/c1-12-5-8-15(9-6-12)23-20(25)16(19(24)22-21(23)26)11-14-7-10-17(27-3)13(2)18(14)28-4/h5-11H,1-4H3,(H,22,24,26)/b16-11+. The summed E-state index contributed by atoms with van der Waals surface area (Å²) in [6.45, 7) is 3.71. The highest BCUT2D eigenvalue weighted by Crippen LogP contribution is 2.33. The van der Waals surface area contributed by atoms with E-state index in [1.54, 1.807) is 43.5 Å². The number of anilines is 1. The SMILES string of the molecule is COc1ccc(/C=C2\C(=O)NC(=O)N(c3ccc(C)cc3)C2=O)c(OC)c1C. The number of hydrogen-bond acceptors (Lipinski definition) is 5. The van der Waals surface area contributed by atoms with Crippen molar-refractivity contribution in [3.8, 4) is 11.5 Å². The maximum Gasteiger partial charge on any atom is 0.335 e. The second-order valence-corrected chi connectivity index (χ2v) is 6.31. The van der Waals surface area contributed by atoms with Crippen LogP contribution in [0.15, 0.2) is 42.0 Å². The molecule has 7 nitrogen and oxygen atoms in total. The van der Waals surface area contributed by atoms with E-state index in [1.807, 2.05) is 13.8 Å². The highest BCUT2D eigenvalue weighted by Gasteiger charge is 2.37. The van der Waals surface area contributed by atoms with Crippen molar-refractivity contribution >= 4 is 29.6 Å². The number of carbonyl (C=O) groups is 3. The number of nitrogens with zero attached hydrogens (tertiary/aromatic N) is 1. The monoisotopic (exact) mass is 380 g/mol. The summed E-state index contributed by atoms with van der Waals surface area (Å²) in [5.41, 5.74) is 2.46. The molecule has 2 aromatic carbocycles. The normalized spacial score (nSPS) is 15.6. The van der Waals surface area contributed by atoms with Crippen molar-refractivity contribution in [2.24, 2.45) is 0 Å². The Morgan fingerprint density at radius 2 is 1.61 bits per heavy atom. The number of urea groups is 1. The second-order valence-electron chi connectivity index (χ2n) is 6.31. The number of aryl methyl sites for hydroxylation is 1. The fourth-order valence-electron chi connectivity index (χ4n) is 3.04. The van der Waals surface area contributed by atoms with Gasteiger partial charge in [-0.05, 0) is 44.2 Å². The van der Waals surface area contributed by atoms with Crippen LogP contribution in [0.4, 0.5) is 10.5 Å². The number of amides is 4. The van der Waals surface area contributed by atoms with Gasteiger partial charge in [-0.1, -0.05) is 17.7 Å². The Hall–Kier alpha value is -3.61. The molecular weight excluding hydrogens is 360 g/mol. The molecule has 2 aromatic rings. The second kappa shape index (κ2) is 7.56. The lowest BCUT2D eigenvalue weighted by atomic mass is 10.0. The van der Waals surface area contributed by atoms with E-state index in [0.29, 0.717) is 22.7 Å². The Morgan fingerprint density at radius 1 is 0.929 bits per heavy atom. The quantitative estimate of drug-likeness (QED) is 0.651. The molecule has 1 N–H and O–H groups in total. The first-order chi connectivity index (χ1) is 13.4. The van der Waals surface area contributed by atoms with Crippen LogP contribution in [0.1, 0.15) is 16.7 Å². The molecule has 0 aromatic heterocycles. The van der Waals surface area contributed by atoms with Crippen LogP contribution in [0.2, 0.25) is 0 Å². The van der Waals surface area contributed by atoms with E-state index in [1.165, 1.54) is 13.2 Å². The summed E-state index contributed by atoms with van der Waals surface area (Å²) in [6, 6.07) is 9.49. The van der Waals surface area contributed by atoms with Gasteiger partial charge in [0.2, 0.25) is 0 Å². The average molecular weight is 380 g/mol. The lowest BCUT2D eigenvalue weighted by Crippen LogP contribution is -2.54. The molecule has 1 fully saturated rings. The Kier molecular flexibility index (Phi) is 5.17. The molecule has 1 aliphatic heterocycles. The van der Waals surface area contributed by atoms with Crippen LogP contribution in [-0.4, -0.2) is 32.1 Å². The molecule has 4 amide bonds. The zero-order chi connectivity index (χ0) is 20.4. The minimum Gasteiger partial charge on any atom is -0.496 e. The van der Waals surface area contributed by atoms with Gasteiger partial charge in [-0.25, -0.2) is 9.69 Å². The van der Waals surface area contributed by atoms with Crippen molar-refractivity contribution in [1.82, 2.24) is 5.32 Å². The fraction of sp³-hybridized carbons (Fsp3) is 0.190. The highest BCUT2D eigenvalue weighted by atomic mass is 16.5. The van der Waals surface area contributed by atoms with Gasteiger partial charge in [-0.2, -0.15) is 0 Å². The van der Waals surface area contributed by atoms with Crippen LogP contribution in [0, 0.1) is 13.8 Å². The fourth-order valence-corrected chi connectivity index (χ4v) is 3.04. The predicted molar refractivity (Wildman–Crippen MR) is 104 cm³/mol. The van der Waals surface area contributed by atoms with Crippen molar-refractivity contribution in [3.63, 3.8) is 0 Å². The third kappa shape index (κ3) is 3.34. The molecule has 1 aliphatic rings. The van der Waals surface area contributed by atoms with E-state index in [2.05, 4.69) is 5.32 Å². The van der Waals surface area contributed by atoms with Crippen LogP contribution in [0.5, 0.6) is 11.5 Å². The van der Waals surface area contributed by atoms with Gasteiger partial charge >= 0.3 is 6.03 Å². The maximum atomic E-state index is 13.0. The summed E-state index contributed by atoms with van der Waals surface area (Å²) in [6.07, 6.45) is 1.41. The molecule has 3 rings (SSSR count). The number of barbiturate groups is 1. The molecule has 0 atom stereocenters. The molecular formula is C21H20N2O5. The van der Waals surface area contributed by atoms with Crippen molar-refractivity contribution in [2.45, 2.75) is 13.8 Å². The zero-order valence-corrected chi connectivity index (χ0v) is 16.0. The first kappa shape index (κ1) is 19.2. The lowest BCUT2D eigenvalue weighted by molar-refractivity contribution is -0.122. The molecule has 0 aliphatic carbocycles. The van der Waals surface area contributed by atoms with Crippen LogP contribution in [0.25, 0.3) is 6.08 Å². The number of ether oxygens (including phenoxy) is 2. The van der Waals surface area contributed by atoms with Gasteiger partial charge in [0.25, 0.3) is 11.8 Å². The van der Waals surface area contributed by atoms with Gasteiger partial charge in [0.15, 0.2) is 0 Å². The first-order valence-corrected chi connectivity index (χ1v) is 8.57. The zero-order valence-electron chi connectivity index (χ0n) is 16.0. The van der Waals surface area contributed by atoms with Gasteiger partial charge in [0.1, 0.15) is 17.1 Å². The van der Waals surface area contributed by atoms with Crippen molar-refractivity contribution in [3.05, 3.63) is 58.7 Å². The molecule has 144 valence electrons. The number of methoxy groups -OCH3 is 2. The van der Waals surface area contributed by atoms with Gasteiger partial charge < -0.3 is 9.47 Å². The lowest BCUT2D eigenvalue weighted by Gasteiger charge is -2.26. The van der Waals surface area contributed by atoms with E-state index in [9.17, 15) is 14.4 Å². The summed E-state index contributed by atoms with van der Waals surface area (Å²) in [5, 5.41) is 2.21. The van der Waals surface area contributed by atoms with E-state index < -0.39 is 17.8 Å². The van der Waals surface area contributed by atoms with Crippen LogP contribution in [-0.2, 0) is 9.59 Å². The molecule has 0 bridgehead atoms. The average Bonchev–Trinajstić information content (AvgIpc) is 2.66. The van der Waals surface area contributed by atoms with Gasteiger partial charge in [-0.15, -0.1) is 0 Å². The number of rotatable bonds is 4. The van der Waals surface area contributed by atoms with Crippen molar-refractivity contribution in [1.29, 1.82) is 0 Å². The third-order valence-electron chi connectivity index (χ3n) is 4.50. The van der Waals surface area contributed by atoms with E-state index >= 15 is 0 Å². The number of imide groups is 2. The highest BCUT2D eigenvalue weighted by molar-refractivity contribution is 6.39. The topological polar surface area (TPSA) is 84.9 Å². The summed E-state index contributed by atoms with van der Waals surface area (Å²) in [4.78, 5) is 38.5. The molecule has 28 heavy (non-hydrogen) atoms. The number of hydrogen-bond donors (Lipinski definition) is 1. The Bertz CT molecular complexity index is 993. The largest absolute Gasteiger partial charge is 0.496 e. The molecule has 7 heteroatoms. The van der Waals surface area contributed by atoms with Crippen molar-refractivity contribution < 1.29 is 23.9 Å².